The van der Waals surface area contributed by atoms with Crippen LogP contribution in [0.1, 0.15) is 37.4 Å². The summed E-state index contributed by atoms with van der Waals surface area (Å²) in [5.41, 5.74) is -0.708. The zero-order valence-corrected chi connectivity index (χ0v) is 13.0. The van der Waals surface area contributed by atoms with Crippen LogP contribution in [-0.4, -0.2) is 44.5 Å². The van der Waals surface area contributed by atoms with Gasteiger partial charge in [0.25, 0.3) is 0 Å². The van der Waals surface area contributed by atoms with Gasteiger partial charge in [-0.1, -0.05) is 0 Å². The van der Waals surface area contributed by atoms with E-state index in [0.29, 0.717) is 5.56 Å². The van der Waals surface area contributed by atoms with Gasteiger partial charge >= 0.3 is 5.97 Å². The zero-order valence-electron chi connectivity index (χ0n) is 13.0. The molecule has 8 heteroatoms. The van der Waals surface area contributed by atoms with Crippen molar-refractivity contribution in [3.8, 4) is 17.2 Å². The number of hydrogen-bond donors (Lipinski definition) is 5. The minimum absolute atomic E-state index is 0.0277. The SMILES string of the molecule is Cc1cc(O)c2c(c1)C(=O)c1cc(O)c(NCC(=O)O)c(O)c1C2=O. The number of carbonyl (C=O) groups excluding carboxylic acids is 2. The van der Waals surface area contributed by atoms with Gasteiger partial charge in [-0.15, -0.1) is 0 Å². The molecule has 5 N–H and O–H groups in total. The van der Waals surface area contributed by atoms with Gasteiger partial charge in [0.1, 0.15) is 23.7 Å². The van der Waals surface area contributed by atoms with Crippen molar-refractivity contribution in [2.45, 2.75) is 6.92 Å². The molecule has 8 nitrogen and oxygen atoms in total. The van der Waals surface area contributed by atoms with E-state index in [2.05, 4.69) is 5.32 Å². The molecule has 0 heterocycles. The number of benzene rings is 2. The van der Waals surface area contributed by atoms with Crippen molar-refractivity contribution in [3.05, 3.63) is 46.0 Å². The summed E-state index contributed by atoms with van der Waals surface area (Å²) in [6.07, 6.45) is 0. The number of anilines is 1. The van der Waals surface area contributed by atoms with E-state index < -0.39 is 46.9 Å². The highest BCUT2D eigenvalue weighted by molar-refractivity contribution is 6.31. The summed E-state index contributed by atoms with van der Waals surface area (Å²) in [6, 6.07) is 3.74. The molecule has 0 spiro atoms. The predicted octanol–water partition coefficient (Wildman–Crippen LogP) is 1.38. The largest absolute Gasteiger partial charge is 0.507 e. The van der Waals surface area contributed by atoms with E-state index in [9.17, 15) is 29.7 Å². The molecule has 25 heavy (non-hydrogen) atoms. The van der Waals surface area contributed by atoms with Crippen LogP contribution in [0, 0.1) is 6.92 Å². The molecule has 0 saturated heterocycles. The maximum Gasteiger partial charge on any atom is 0.322 e. The molecule has 128 valence electrons. The maximum absolute atomic E-state index is 12.7. The van der Waals surface area contributed by atoms with Crippen molar-refractivity contribution in [3.63, 3.8) is 0 Å². The van der Waals surface area contributed by atoms with E-state index in [1.165, 1.54) is 12.1 Å². The van der Waals surface area contributed by atoms with E-state index in [1.807, 2.05) is 0 Å². The van der Waals surface area contributed by atoms with Crippen molar-refractivity contribution in [1.82, 2.24) is 0 Å². The monoisotopic (exact) mass is 343 g/mol. The Kier molecular flexibility index (Phi) is 3.60. The zero-order chi connectivity index (χ0) is 18.5. The first-order chi connectivity index (χ1) is 11.7. The molecule has 1 aliphatic rings. The normalized spacial score (nSPS) is 12.5. The maximum atomic E-state index is 12.7. The van der Waals surface area contributed by atoms with Gasteiger partial charge in [-0.25, -0.2) is 0 Å². The number of phenolic OH excluding ortho intramolecular Hbond substituents is 3. The molecule has 0 amide bonds. The van der Waals surface area contributed by atoms with E-state index in [1.54, 1.807) is 6.92 Å². The Morgan fingerprint density at radius 3 is 2.24 bits per heavy atom. The van der Waals surface area contributed by atoms with Gasteiger partial charge in [0.15, 0.2) is 11.5 Å². The van der Waals surface area contributed by atoms with Gasteiger partial charge < -0.3 is 25.7 Å². The van der Waals surface area contributed by atoms with Crippen LogP contribution < -0.4 is 5.32 Å². The minimum atomic E-state index is -1.25. The molecule has 0 aromatic heterocycles. The number of aromatic hydroxyl groups is 3. The van der Waals surface area contributed by atoms with Gasteiger partial charge in [0.05, 0.1) is 11.1 Å². The Labute approximate surface area is 141 Å². The van der Waals surface area contributed by atoms with Crippen LogP contribution in [0.3, 0.4) is 0 Å². The minimum Gasteiger partial charge on any atom is -0.507 e. The van der Waals surface area contributed by atoms with Crippen LogP contribution in [0.4, 0.5) is 5.69 Å². The first-order valence-corrected chi connectivity index (χ1v) is 7.20. The van der Waals surface area contributed by atoms with Crippen molar-refractivity contribution in [2.75, 3.05) is 11.9 Å². The van der Waals surface area contributed by atoms with Gasteiger partial charge in [-0.05, 0) is 30.7 Å². The second-order valence-corrected chi connectivity index (χ2v) is 5.65. The van der Waals surface area contributed by atoms with Crippen molar-refractivity contribution < 1.29 is 34.8 Å². The van der Waals surface area contributed by atoms with E-state index >= 15 is 0 Å². The van der Waals surface area contributed by atoms with Crippen LogP contribution in [0.2, 0.25) is 0 Å². The molecular formula is C17H13NO7. The van der Waals surface area contributed by atoms with Crippen LogP contribution in [-0.2, 0) is 4.79 Å². The number of carboxylic acid groups (broad SMARTS) is 1. The Bertz CT molecular complexity index is 962. The Morgan fingerprint density at radius 2 is 1.60 bits per heavy atom. The number of hydrogen-bond acceptors (Lipinski definition) is 7. The topological polar surface area (TPSA) is 144 Å². The summed E-state index contributed by atoms with van der Waals surface area (Å²) in [6.45, 7) is 1.02. The summed E-state index contributed by atoms with van der Waals surface area (Å²) in [5.74, 6) is -4.40. The fourth-order valence-corrected chi connectivity index (χ4v) is 2.86. The number of carboxylic acids is 1. The first kappa shape index (κ1) is 16.3. The highest BCUT2D eigenvalue weighted by Crippen LogP contribution is 2.44. The number of rotatable bonds is 3. The molecule has 1 aliphatic carbocycles. The van der Waals surface area contributed by atoms with Gasteiger partial charge in [-0.2, -0.15) is 0 Å². The standard InChI is InChI=1S/C17H13NO7/c1-6-2-7-12(9(19)3-6)16(24)13-8(15(7)23)4-10(20)14(17(13)25)18-5-11(21)22/h2-4,18-20,25H,5H2,1H3,(H,21,22). The van der Waals surface area contributed by atoms with Crippen LogP contribution >= 0.6 is 0 Å². The number of nitrogens with one attached hydrogen (secondary N) is 1. The lowest BCUT2D eigenvalue weighted by molar-refractivity contribution is -0.134. The van der Waals surface area contributed by atoms with E-state index in [0.717, 1.165) is 6.07 Å². The third-order valence-corrected chi connectivity index (χ3v) is 3.90. The number of ketones is 2. The van der Waals surface area contributed by atoms with Gasteiger partial charge in [-0.3, -0.25) is 14.4 Å². The molecule has 2 aromatic rings. The number of aliphatic carboxylic acids is 1. The lowest BCUT2D eigenvalue weighted by atomic mass is 9.82. The lowest BCUT2D eigenvalue weighted by Gasteiger charge is -2.22. The summed E-state index contributed by atoms with van der Waals surface area (Å²) in [4.78, 5) is 36.0. The van der Waals surface area contributed by atoms with Crippen molar-refractivity contribution in [2.24, 2.45) is 0 Å². The highest BCUT2D eigenvalue weighted by Gasteiger charge is 2.36. The number of fused-ring (bicyclic) bond motifs is 2. The molecular weight excluding hydrogens is 330 g/mol. The van der Waals surface area contributed by atoms with Crippen LogP contribution in [0.15, 0.2) is 18.2 Å². The second kappa shape index (κ2) is 5.52. The fourth-order valence-electron chi connectivity index (χ4n) is 2.86. The molecule has 0 fully saturated rings. The molecule has 0 unspecified atom stereocenters. The summed E-state index contributed by atoms with van der Waals surface area (Å²) in [7, 11) is 0. The van der Waals surface area contributed by atoms with Crippen molar-refractivity contribution in [1.29, 1.82) is 0 Å². The van der Waals surface area contributed by atoms with Crippen LogP contribution in [0.25, 0.3) is 0 Å². The van der Waals surface area contributed by atoms with Crippen LogP contribution in [0.5, 0.6) is 17.2 Å². The third kappa shape index (κ3) is 2.44. The number of carbonyl (C=O) groups is 3. The molecule has 0 bridgehead atoms. The van der Waals surface area contributed by atoms with E-state index in [-0.39, 0.29) is 22.4 Å². The lowest BCUT2D eigenvalue weighted by Crippen LogP contribution is -2.22. The third-order valence-electron chi connectivity index (χ3n) is 3.90. The Balaban J connectivity index is 2.24. The molecule has 0 atom stereocenters. The molecule has 0 saturated carbocycles. The molecule has 3 rings (SSSR count). The average Bonchev–Trinajstić information content (AvgIpc) is 2.50. The summed E-state index contributed by atoms with van der Waals surface area (Å²) < 4.78 is 0. The number of aryl methyl sites for hydroxylation is 1. The summed E-state index contributed by atoms with van der Waals surface area (Å²) in [5, 5.41) is 41.3. The summed E-state index contributed by atoms with van der Waals surface area (Å²) >= 11 is 0. The molecule has 0 aliphatic heterocycles. The Morgan fingerprint density at radius 1 is 0.960 bits per heavy atom. The highest BCUT2D eigenvalue weighted by atomic mass is 16.4. The Hall–Kier alpha value is -3.55. The second-order valence-electron chi connectivity index (χ2n) is 5.65. The number of phenols is 3. The van der Waals surface area contributed by atoms with Gasteiger partial charge in [0.2, 0.25) is 5.78 Å². The smallest absolute Gasteiger partial charge is 0.322 e. The molecule has 0 radical (unpaired) electrons. The van der Waals surface area contributed by atoms with Crippen molar-refractivity contribution >= 4 is 23.2 Å². The quantitative estimate of drug-likeness (QED) is 0.449. The predicted molar refractivity (Wildman–Crippen MR) is 85.6 cm³/mol. The average molecular weight is 343 g/mol. The molecule has 2 aromatic carbocycles. The fraction of sp³-hybridized carbons (Fsp3) is 0.118. The van der Waals surface area contributed by atoms with E-state index in [4.69, 9.17) is 5.11 Å². The van der Waals surface area contributed by atoms with Gasteiger partial charge in [0, 0.05) is 11.1 Å². The first-order valence-electron chi connectivity index (χ1n) is 7.20.